The molecule has 0 spiro atoms. The normalized spacial score (nSPS) is 14.5. The van der Waals surface area contributed by atoms with Gasteiger partial charge in [-0.25, -0.2) is 4.39 Å². The van der Waals surface area contributed by atoms with E-state index in [2.05, 4.69) is 26.0 Å². The lowest BCUT2D eigenvalue weighted by atomic mass is 10.1. The predicted octanol–water partition coefficient (Wildman–Crippen LogP) is 3.54. The van der Waals surface area contributed by atoms with Crippen LogP contribution in [0.4, 0.5) is 10.1 Å². The number of aromatic nitrogens is 3. The van der Waals surface area contributed by atoms with Gasteiger partial charge in [-0.3, -0.25) is 14.4 Å². The smallest absolute Gasteiger partial charge is 0.300 e. The second kappa shape index (κ2) is 8.58. The number of carbonyl (C=O) groups excluding carboxylic acids is 1. The highest BCUT2D eigenvalue weighted by Gasteiger charge is 2.35. The van der Waals surface area contributed by atoms with Crippen LogP contribution in [0, 0.1) is 5.82 Å². The highest BCUT2D eigenvalue weighted by molar-refractivity contribution is 9.10. The minimum absolute atomic E-state index is 0.00473. The topological polar surface area (TPSA) is 84.6 Å². The maximum atomic E-state index is 14.4. The Kier molecular flexibility index (Phi) is 5.35. The van der Waals surface area contributed by atoms with Gasteiger partial charge in [0.1, 0.15) is 10.3 Å². The number of benzene rings is 3. The molecular formula is C26H14BrFN4O3S. The lowest BCUT2D eigenvalue weighted by Crippen LogP contribution is -2.33. The van der Waals surface area contributed by atoms with Gasteiger partial charge >= 0.3 is 5.56 Å². The first-order valence-electron chi connectivity index (χ1n) is 10.8. The molecule has 3 heterocycles. The molecule has 0 radical (unpaired) electrons. The van der Waals surface area contributed by atoms with Gasteiger partial charge in [-0.2, -0.15) is 14.6 Å². The van der Waals surface area contributed by atoms with E-state index < -0.39 is 22.8 Å². The summed E-state index contributed by atoms with van der Waals surface area (Å²) < 4.78 is 16.3. The molecule has 36 heavy (non-hydrogen) atoms. The van der Waals surface area contributed by atoms with Crippen molar-refractivity contribution in [1.29, 1.82) is 0 Å². The molecule has 1 aliphatic rings. The van der Waals surface area contributed by atoms with Crippen LogP contribution in [0.25, 0.3) is 21.8 Å². The summed E-state index contributed by atoms with van der Waals surface area (Å²) in [6.07, 6.45) is 0. The fourth-order valence-corrected chi connectivity index (χ4v) is 5.57. The minimum Gasteiger partial charge on any atom is -0.303 e. The maximum absolute atomic E-state index is 14.4. The number of hydrogen-bond donors (Lipinski definition) is 0. The zero-order valence-electron chi connectivity index (χ0n) is 18.3. The first-order chi connectivity index (χ1) is 17.4. The van der Waals surface area contributed by atoms with E-state index in [1.54, 1.807) is 66.7 Å². The molecule has 1 amide bonds. The van der Waals surface area contributed by atoms with Crippen molar-refractivity contribution in [1.82, 2.24) is 14.6 Å². The van der Waals surface area contributed by atoms with Crippen molar-refractivity contribution in [2.75, 3.05) is 4.90 Å². The summed E-state index contributed by atoms with van der Waals surface area (Å²) in [7, 11) is 0. The number of thiazole rings is 1. The summed E-state index contributed by atoms with van der Waals surface area (Å²) in [6.45, 7) is -0.00473. The molecule has 0 fully saturated rings. The highest BCUT2D eigenvalue weighted by Crippen LogP contribution is 2.38. The molecule has 0 bridgehead atoms. The van der Waals surface area contributed by atoms with Crippen LogP contribution in [0.2, 0.25) is 0 Å². The second-order valence-corrected chi connectivity index (χ2v) is 9.97. The van der Waals surface area contributed by atoms with Gasteiger partial charge < -0.3 is 4.90 Å². The summed E-state index contributed by atoms with van der Waals surface area (Å²) in [4.78, 5) is 45.4. The third-order valence-corrected chi connectivity index (χ3v) is 7.42. The lowest BCUT2D eigenvalue weighted by Gasteiger charge is -2.17. The number of carbonyl (C=O) groups is 1. The molecule has 7 nitrogen and oxygen atoms in total. The lowest BCUT2D eigenvalue weighted by molar-refractivity contribution is -0.113. The summed E-state index contributed by atoms with van der Waals surface area (Å²) in [5.74, 6) is -0.870. The molecule has 0 N–H and O–H groups in total. The van der Waals surface area contributed by atoms with Crippen molar-refractivity contribution in [2.24, 2.45) is 0 Å². The summed E-state index contributed by atoms with van der Waals surface area (Å²) in [6, 6.07) is 20.2. The third-order valence-electron chi connectivity index (χ3n) is 5.90. The minimum atomic E-state index is -0.568. The van der Waals surface area contributed by atoms with E-state index in [1.807, 2.05) is 0 Å². The number of nitrogens with zero attached hydrogens (tertiary/aromatic N) is 4. The number of anilines is 1. The Morgan fingerprint density at radius 2 is 1.69 bits per heavy atom. The van der Waals surface area contributed by atoms with Crippen LogP contribution in [0.5, 0.6) is 0 Å². The highest BCUT2D eigenvalue weighted by atomic mass is 79.9. The predicted molar refractivity (Wildman–Crippen MR) is 138 cm³/mol. The number of halogens is 2. The van der Waals surface area contributed by atoms with Gasteiger partial charge in [0.25, 0.3) is 11.5 Å². The van der Waals surface area contributed by atoms with Crippen molar-refractivity contribution < 1.29 is 9.18 Å². The van der Waals surface area contributed by atoms with E-state index >= 15 is 0 Å². The van der Waals surface area contributed by atoms with Crippen LogP contribution < -0.4 is 20.6 Å². The van der Waals surface area contributed by atoms with Crippen LogP contribution in [0.1, 0.15) is 11.1 Å². The average Bonchev–Trinajstić information content (AvgIpc) is 3.32. The monoisotopic (exact) mass is 560 g/mol. The molecule has 6 rings (SSSR count). The summed E-state index contributed by atoms with van der Waals surface area (Å²) in [5.41, 5.74) is 1.05. The van der Waals surface area contributed by atoms with Gasteiger partial charge in [0.05, 0.1) is 17.8 Å². The molecule has 1 aliphatic heterocycles. The number of hydrogen-bond acceptors (Lipinski definition) is 6. The average molecular weight is 561 g/mol. The molecule has 0 saturated heterocycles. The SMILES string of the molecule is O=C1C(=c2sc3nc(=O)c(-c4ccccc4)nn3c2=O)c2cc(Br)ccc2N1Cc1ccccc1F. The van der Waals surface area contributed by atoms with E-state index in [1.165, 1.54) is 11.0 Å². The van der Waals surface area contributed by atoms with Crippen LogP contribution in [-0.4, -0.2) is 20.5 Å². The third kappa shape index (κ3) is 3.57. The van der Waals surface area contributed by atoms with Crippen molar-refractivity contribution in [3.63, 3.8) is 0 Å². The van der Waals surface area contributed by atoms with Crippen LogP contribution >= 0.6 is 27.3 Å². The summed E-state index contributed by atoms with van der Waals surface area (Å²) >= 11 is 4.36. The molecule has 3 aromatic carbocycles. The van der Waals surface area contributed by atoms with Crippen molar-refractivity contribution in [3.8, 4) is 11.3 Å². The van der Waals surface area contributed by atoms with Gasteiger partial charge in [-0.05, 0) is 24.3 Å². The van der Waals surface area contributed by atoms with Crippen molar-refractivity contribution >= 4 is 49.4 Å². The summed E-state index contributed by atoms with van der Waals surface area (Å²) in [5, 5.41) is 4.28. The molecule has 0 saturated carbocycles. The first-order valence-corrected chi connectivity index (χ1v) is 12.4. The van der Waals surface area contributed by atoms with Crippen LogP contribution in [0.3, 0.4) is 0 Å². The zero-order valence-corrected chi connectivity index (χ0v) is 20.7. The fraction of sp³-hybridized carbons (Fsp3) is 0.0385. The molecular weight excluding hydrogens is 547 g/mol. The van der Waals surface area contributed by atoms with Gasteiger partial charge in [0.2, 0.25) is 4.96 Å². The molecule has 0 aliphatic carbocycles. The van der Waals surface area contributed by atoms with E-state index in [4.69, 9.17) is 0 Å². The molecule has 0 atom stereocenters. The Labute approximate surface area is 214 Å². The standard InChI is InChI=1S/C26H14BrFN4O3S/c27-16-10-11-19-17(12-16)20(24(34)31(19)13-15-8-4-5-9-18(15)28)22-25(35)32-26(36-22)29-23(33)21(30-32)14-6-2-1-3-7-14/h1-12H,13H2. The van der Waals surface area contributed by atoms with E-state index in [-0.39, 0.29) is 27.3 Å². The van der Waals surface area contributed by atoms with Crippen molar-refractivity contribution in [3.05, 3.63) is 119 Å². The second-order valence-electron chi connectivity index (χ2n) is 8.08. The van der Waals surface area contributed by atoms with Gasteiger partial charge in [-0.1, -0.05) is 75.8 Å². The van der Waals surface area contributed by atoms with Crippen LogP contribution in [-0.2, 0) is 11.3 Å². The number of fused-ring (bicyclic) bond motifs is 2. The Hall–Kier alpha value is -4.02. The van der Waals surface area contributed by atoms with Gasteiger partial charge in [0.15, 0.2) is 5.69 Å². The molecule has 176 valence electrons. The number of rotatable bonds is 3. The van der Waals surface area contributed by atoms with Crippen LogP contribution in [0.15, 0.2) is 86.9 Å². The Balaban J connectivity index is 1.59. The number of amides is 1. The molecule has 2 aromatic heterocycles. The Morgan fingerprint density at radius 1 is 0.944 bits per heavy atom. The van der Waals surface area contributed by atoms with Gasteiger partial charge in [0, 0.05) is 21.2 Å². The maximum Gasteiger partial charge on any atom is 0.300 e. The Bertz CT molecular complexity index is 1870. The van der Waals surface area contributed by atoms with E-state index in [0.29, 0.717) is 26.9 Å². The largest absolute Gasteiger partial charge is 0.303 e. The molecule has 5 aromatic rings. The van der Waals surface area contributed by atoms with E-state index in [9.17, 15) is 18.8 Å². The van der Waals surface area contributed by atoms with Crippen molar-refractivity contribution in [2.45, 2.75) is 6.54 Å². The Morgan fingerprint density at radius 3 is 2.47 bits per heavy atom. The van der Waals surface area contributed by atoms with Gasteiger partial charge in [-0.15, -0.1) is 0 Å². The molecule has 10 heteroatoms. The molecule has 0 unspecified atom stereocenters. The first kappa shape index (κ1) is 22.4. The zero-order chi connectivity index (χ0) is 25.0. The van der Waals surface area contributed by atoms with E-state index in [0.717, 1.165) is 15.9 Å². The quantitative estimate of drug-likeness (QED) is 0.337. The fourth-order valence-electron chi connectivity index (χ4n) is 4.21.